The van der Waals surface area contributed by atoms with Crippen molar-refractivity contribution in [3.05, 3.63) is 77.4 Å². The van der Waals surface area contributed by atoms with Crippen LogP contribution in [0, 0.1) is 0 Å². The van der Waals surface area contributed by atoms with Gasteiger partial charge in [-0.05, 0) is 35.6 Å². The number of alkyl halides is 4. The Morgan fingerprint density at radius 3 is 2.26 bits per heavy atom. The molecule has 3 aromatic rings. The maximum atomic E-state index is 13.6. The van der Waals surface area contributed by atoms with Gasteiger partial charge in [0.15, 0.2) is 0 Å². The van der Waals surface area contributed by atoms with E-state index >= 15 is 0 Å². The first-order valence-corrected chi connectivity index (χ1v) is 10.8. The van der Waals surface area contributed by atoms with E-state index in [1.165, 1.54) is 17.0 Å². The van der Waals surface area contributed by atoms with Crippen molar-refractivity contribution in [3.63, 3.8) is 0 Å². The molecule has 0 spiro atoms. The molecular weight excluding hydrogens is 466 g/mol. The molecule has 4 rings (SSSR count). The first-order valence-electron chi connectivity index (χ1n) is 10.8. The fourth-order valence-corrected chi connectivity index (χ4v) is 4.34. The molecule has 1 heterocycles. The summed E-state index contributed by atoms with van der Waals surface area (Å²) in [5.74, 6) is -1.51. The Morgan fingerprint density at radius 1 is 1.00 bits per heavy atom. The predicted molar refractivity (Wildman–Crippen MR) is 123 cm³/mol. The molecule has 0 radical (unpaired) electrons. The Kier molecular flexibility index (Phi) is 6.77. The van der Waals surface area contributed by atoms with Gasteiger partial charge in [-0.3, -0.25) is 14.5 Å². The van der Waals surface area contributed by atoms with Crippen LogP contribution in [0.25, 0.3) is 16.5 Å². The molecule has 0 unspecified atom stereocenters. The molecule has 0 saturated heterocycles. The Morgan fingerprint density at radius 2 is 1.66 bits per heavy atom. The van der Waals surface area contributed by atoms with Crippen LogP contribution in [0.3, 0.4) is 0 Å². The first-order chi connectivity index (χ1) is 16.7. The third kappa shape index (κ3) is 4.58. The number of nitrogens with zero attached hydrogens (tertiary/aromatic N) is 1. The largest absolute Gasteiger partial charge is 0.466 e. The topological polar surface area (TPSA) is 55.8 Å². The maximum Gasteiger partial charge on any atom is 0.387 e. The Hall–Kier alpha value is -3.88. The number of fused-ring (bicyclic) bond motifs is 2. The van der Waals surface area contributed by atoms with Crippen LogP contribution in [0.2, 0.25) is 0 Å². The van der Waals surface area contributed by atoms with Gasteiger partial charge in [0.2, 0.25) is 6.43 Å². The van der Waals surface area contributed by atoms with Crippen molar-refractivity contribution in [1.29, 1.82) is 0 Å². The fourth-order valence-electron chi connectivity index (χ4n) is 4.34. The molecule has 0 aromatic heterocycles. The predicted octanol–water partition coefficient (Wildman–Crippen LogP) is 5.99. The Balaban J connectivity index is 1.84. The van der Waals surface area contributed by atoms with Gasteiger partial charge in [0.05, 0.1) is 24.3 Å². The van der Waals surface area contributed by atoms with Crippen LogP contribution < -0.4 is 9.64 Å². The van der Waals surface area contributed by atoms with Crippen molar-refractivity contribution < 1.29 is 36.6 Å². The van der Waals surface area contributed by atoms with Crippen molar-refractivity contribution in [1.82, 2.24) is 0 Å². The molecular formula is C26H21F4NO4. The van der Waals surface area contributed by atoms with E-state index in [0.29, 0.717) is 11.3 Å². The van der Waals surface area contributed by atoms with E-state index in [2.05, 4.69) is 6.58 Å². The van der Waals surface area contributed by atoms with Crippen molar-refractivity contribution >= 4 is 34.0 Å². The number of carbonyl (C=O) groups excluding carboxylic acids is 2. The molecule has 3 aromatic carbocycles. The molecule has 1 amide bonds. The smallest absolute Gasteiger partial charge is 0.387 e. The summed E-state index contributed by atoms with van der Waals surface area (Å²) in [5, 5.41) is 0.415. The maximum absolute atomic E-state index is 13.6. The van der Waals surface area contributed by atoms with E-state index in [1.807, 2.05) is 0 Å². The average molecular weight is 487 g/mol. The van der Waals surface area contributed by atoms with Gasteiger partial charge in [0.25, 0.3) is 5.91 Å². The quantitative estimate of drug-likeness (QED) is 0.290. The van der Waals surface area contributed by atoms with E-state index in [0.717, 1.165) is 0 Å². The van der Waals surface area contributed by atoms with Gasteiger partial charge in [-0.15, -0.1) is 0 Å². The summed E-state index contributed by atoms with van der Waals surface area (Å²) in [7, 11) is 0. The first kappa shape index (κ1) is 24.3. The summed E-state index contributed by atoms with van der Waals surface area (Å²) in [6.07, 6.45) is -3.42. The summed E-state index contributed by atoms with van der Waals surface area (Å²) >= 11 is 0. The normalized spacial score (nSPS) is 13.2. The zero-order chi connectivity index (χ0) is 25.3. The van der Waals surface area contributed by atoms with E-state index in [4.69, 9.17) is 9.47 Å². The highest BCUT2D eigenvalue weighted by Crippen LogP contribution is 2.47. The lowest BCUT2D eigenvalue weighted by Gasteiger charge is -2.19. The third-order valence-electron chi connectivity index (χ3n) is 5.66. The second-order valence-corrected chi connectivity index (χ2v) is 7.81. The van der Waals surface area contributed by atoms with E-state index < -0.39 is 31.3 Å². The molecule has 9 heteroatoms. The number of esters is 1. The number of hydrogen-bond donors (Lipinski definition) is 0. The zero-order valence-corrected chi connectivity index (χ0v) is 18.7. The minimum atomic E-state index is -3.24. The van der Waals surface area contributed by atoms with Gasteiger partial charge in [-0.25, -0.2) is 8.78 Å². The van der Waals surface area contributed by atoms with Crippen LogP contribution in [-0.4, -0.2) is 31.5 Å². The molecule has 1 aliphatic heterocycles. The molecule has 182 valence electrons. The summed E-state index contributed by atoms with van der Waals surface area (Å²) < 4.78 is 63.5. The lowest BCUT2D eigenvalue weighted by atomic mass is 9.91. The fraction of sp³-hybridized carbons (Fsp3) is 0.231. The minimum absolute atomic E-state index is 0.0273. The Bertz CT molecular complexity index is 1240. The zero-order valence-electron chi connectivity index (χ0n) is 18.7. The number of halogens is 4. The number of benzene rings is 3. The lowest BCUT2D eigenvalue weighted by molar-refractivity contribution is -0.142. The third-order valence-corrected chi connectivity index (χ3v) is 5.66. The van der Waals surface area contributed by atoms with Gasteiger partial charge >= 0.3 is 12.6 Å². The highest BCUT2D eigenvalue weighted by Gasteiger charge is 2.40. The van der Waals surface area contributed by atoms with Crippen LogP contribution in [0.1, 0.15) is 34.0 Å². The van der Waals surface area contributed by atoms with Crippen molar-refractivity contribution in [2.75, 3.05) is 11.5 Å². The second kappa shape index (κ2) is 9.77. The SMILES string of the molecule is C=C1c2c(c(OC(F)F)c3ccccc3c2CC(F)F)C(=O)N1c1ccc(CC(=O)OCC)cc1. The second-order valence-electron chi connectivity index (χ2n) is 7.81. The molecule has 5 nitrogen and oxygen atoms in total. The van der Waals surface area contributed by atoms with E-state index in [1.54, 1.807) is 43.3 Å². The molecule has 1 aliphatic rings. The molecule has 35 heavy (non-hydrogen) atoms. The molecule has 0 fully saturated rings. The minimum Gasteiger partial charge on any atom is -0.466 e. The highest BCUT2D eigenvalue weighted by molar-refractivity contribution is 6.26. The number of rotatable bonds is 8. The van der Waals surface area contributed by atoms with Crippen LogP contribution in [0.5, 0.6) is 5.75 Å². The number of ether oxygens (including phenoxy) is 2. The van der Waals surface area contributed by atoms with Crippen molar-refractivity contribution in [2.24, 2.45) is 0 Å². The standard InChI is InChI=1S/C26H21F4NO4/c1-3-34-21(32)12-15-8-10-16(11-9-15)31-14(2)22-19(13-20(27)28)17-6-4-5-7-18(17)24(35-26(29)30)23(22)25(31)33/h4-11,20,26H,2-3,12-13H2,1H3. The molecule has 0 N–H and O–H groups in total. The van der Waals surface area contributed by atoms with E-state index in [9.17, 15) is 27.2 Å². The number of hydrogen-bond acceptors (Lipinski definition) is 4. The van der Waals surface area contributed by atoms with Crippen molar-refractivity contribution in [2.45, 2.75) is 32.8 Å². The van der Waals surface area contributed by atoms with Gasteiger partial charge in [0.1, 0.15) is 5.75 Å². The summed E-state index contributed by atoms with van der Waals surface area (Å²) in [4.78, 5) is 26.4. The summed E-state index contributed by atoms with van der Waals surface area (Å²) in [6.45, 7) is 2.64. The van der Waals surface area contributed by atoms with Crippen molar-refractivity contribution in [3.8, 4) is 5.75 Å². The van der Waals surface area contributed by atoms with Crippen LogP contribution in [0.15, 0.2) is 55.1 Å². The number of carbonyl (C=O) groups is 2. The summed E-state index contributed by atoms with van der Waals surface area (Å²) in [5.41, 5.74) is 0.989. The van der Waals surface area contributed by atoms with Crippen LogP contribution in [-0.2, 0) is 22.4 Å². The molecule has 0 bridgehead atoms. The average Bonchev–Trinajstić information content (AvgIpc) is 3.06. The van der Waals surface area contributed by atoms with Crippen LogP contribution in [0.4, 0.5) is 23.2 Å². The molecule has 0 saturated carbocycles. The summed E-state index contributed by atoms with van der Waals surface area (Å²) in [6, 6.07) is 12.5. The van der Waals surface area contributed by atoms with Gasteiger partial charge < -0.3 is 9.47 Å². The number of anilines is 1. The monoisotopic (exact) mass is 487 g/mol. The highest BCUT2D eigenvalue weighted by atomic mass is 19.3. The van der Waals surface area contributed by atoms with Gasteiger partial charge in [0, 0.05) is 23.1 Å². The van der Waals surface area contributed by atoms with E-state index in [-0.39, 0.29) is 51.9 Å². The molecule has 0 aliphatic carbocycles. The Labute approximate surface area is 198 Å². The van der Waals surface area contributed by atoms with Crippen LogP contribution >= 0.6 is 0 Å². The van der Waals surface area contributed by atoms with Gasteiger partial charge in [-0.1, -0.05) is 43.0 Å². The number of amides is 1. The lowest BCUT2D eigenvalue weighted by Crippen LogP contribution is -2.22. The van der Waals surface area contributed by atoms with Gasteiger partial charge in [-0.2, -0.15) is 8.78 Å². The molecule has 0 atom stereocenters.